The molecule has 2 aromatic heterocycles. The van der Waals surface area contributed by atoms with Crippen LogP contribution in [0.25, 0.3) is 10.9 Å². The molecule has 8 heteroatoms. The van der Waals surface area contributed by atoms with Gasteiger partial charge in [0, 0.05) is 38.4 Å². The Bertz CT molecular complexity index is 973. The molecule has 134 valence electrons. The molecular formula is C18H20N6OS. The maximum Gasteiger partial charge on any atom is 0.261 e. The quantitative estimate of drug-likeness (QED) is 0.702. The van der Waals surface area contributed by atoms with E-state index < -0.39 is 0 Å². The van der Waals surface area contributed by atoms with Gasteiger partial charge in [-0.1, -0.05) is 0 Å². The van der Waals surface area contributed by atoms with Gasteiger partial charge in [-0.25, -0.2) is 4.98 Å². The largest absolute Gasteiger partial charge is 0.368 e. The number of rotatable bonds is 4. The third-order valence-corrected chi connectivity index (χ3v) is 5.75. The van der Waals surface area contributed by atoms with Gasteiger partial charge in [-0.05, 0) is 37.0 Å². The van der Waals surface area contributed by atoms with Crippen molar-refractivity contribution < 1.29 is 0 Å². The summed E-state index contributed by atoms with van der Waals surface area (Å²) in [5, 5.41) is 0.712. The zero-order chi connectivity index (χ0) is 17.5. The molecule has 0 atom stereocenters. The van der Waals surface area contributed by atoms with E-state index in [1.807, 2.05) is 24.4 Å². The Hall–Kier alpha value is -2.48. The number of nitrogens with zero attached hydrogens (tertiary/aromatic N) is 6. The Morgan fingerprint density at radius 2 is 1.92 bits per heavy atom. The fourth-order valence-corrected chi connectivity index (χ4v) is 3.98. The Balaban J connectivity index is 1.36. The lowest BCUT2D eigenvalue weighted by Gasteiger charge is -2.36. The van der Waals surface area contributed by atoms with Crippen molar-refractivity contribution in [2.75, 3.05) is 36.0 Å². The number of fused-ring (bicyclic) bond motifs is 1. The van der Waals surface area contributed by atoms with E-state index in [0.717, 1.165) is 49.7 Å². The monoisotopic (exact) mass is 368 g/mol. The van der Waals surface area contributed by atoms with E-state index in [1.54, 1.807) is 10.9 Å². The second-order valence-electron chi connectivity index (χ2n) is 7.09. The molecule has 1 aliphatic carbocycles. The minimum atomic E-state index is 0.0781. The highest BCUT2D eigenvalue weighted by atomic mass is 32.1. The number of anilines is 2. The van der Waals surface area contributed by atoms with Crippen LogP contribution in [0.1, 0.15) is 12.8 Å². The molecule has 0 N–H and O–H groups in total. The molecule has 26 heavy (non-hydrogen) atoms. The summed E-state index contributed by atoms with van der Waals surface area (Å²) in [5.74, 6) is 1.63. The summed E-state index contributed by atoms with van der Waals surface area (Å²) >= 11 is 1.25. The third-order valence-electron chi connectivity index (χ3n) is 5.28. The highest BCUT2D eigenvalue weighted by Crippen LogP contribution is 2.30. The number of hydrogen-bond donors (Lipinski definition) is 0. The van der Waals surface area contributed by atoms with Gasteiger partial charge in [-0.3, -0.25) is 9.36 Å². The molecule has 0 unspecified atom stereocenters. The second kappa shape index (κ2) is 6.35. The van der Waals surface area contributed by atoms with Crippen molar-refractivity contribution in [1.29, 1.82) is 0 Å². The molecule has 3 aromatic rings. The molecule has 2 fully saturated rings. The zero-order valence-electron chi connectivity index (χ0n) is 14.4. The summed E-state index contributed by atoms with van der Waals surface area (Å²) in [6, 6.07) is 6.02. The average Bonchev–Trinajstić information content (AvgIpc) is 3.33. The molecule has 3 heterocycles. The summed E-state index contributed by atoms with van der Waals surface area (Å²) in [5.41, 5.74) is 1.99. The van der Waals surface area contributed by atoms with Crippen molar-refractivity contribution in [3.05, 3.63) is 41.1 Å². The van der Waals surface area contributed by atoms with E-state index in [9.17, 15) is 4.79 Å². The lowest BCUT2D eigenvalue weighted by molar-refractivity contribution is 0.602. The lowest BCUT2D eigenvalue weighted by atomic mass is 10.2. The van der Waals surface area contributed by atoms with Crippen molar-refractivity contribution in [2.24, 2.45) is 5.92 Å². The maximum atomic E-state index is 12.6. The normalized spacial score (nSPS) is 17.8. The molecule has 0 spiro atoms. The van der Waals surface area contributed by atoms with Gasteiger partial charge in [0.1, 0.15) is 0 Å². The van der Waals surface area contributed by atoms with E-state index in [0.29, 0.717) is 11.3 Å². The Morgan fingerprint density at radius 1 is 1.12 bits per heavy atom. The standard InChI is InChI=1S/C18H20N6OS/c25-18-15-4-3-14(9-16(15)19-12-24(18)11-13-1-2-13)22-5-7-23(8-6-22)17-10-20-26-21-17/h3-4,9-10,12-13H,1-2,5-8,11H2. The van der Waals surface area contributed by atoms with Crippen molar-refractivity contribution in [3.8, 4) is 0 Å². The van der Waals surface area contributed by atoms with Crippen LogP contribution in [0.3, 0.4) is 0 Å². The molecule has 0 bridgehead atoms. The van der Waals surface area contributed by atoms with Crippen molar-refractivity contribution in [2.45, 2.75) is 19.4 Å². The van der Waals surface area contributed by atoms with Crippen LogP contribution < -0.4 is 15.4 Å². The summed E-state index contributed by atoms with van der Waals surface area (Å²) in [6.07, 6.45) is 5.99. The molecule has 1 saturated carbocycles. The van der Waals surface area contributed by atoms with Crippen molar-refractivity contribution in [3.63, 3.8) is 0 Å². The highest BCUT2D eigenvalue weighted by molar-refractivity contribution is 6.99. The summed E-state index contributed by atoms with van der Waals surface area (Å²) < 4.78 is 10.2. The van der Waals surface area contributed by atoms with Crippen molar-refractivity contribution in [1.82, 2.24) is 18.3 Å². The molecule has 7 nitrogen and oxygen atoms in total. The smallest absolute Gasteiger partial charge is 0.261 e. The van der Waals surface area contributed by atoms with Gasteiger partial charge in [-0.15, -0.1) is 0 Å². The lowest BCUT2D eigenvalue weighted by Crippen LogP contribution is -2.46. The van der Waals surface area contributed by atoms with Gasteiger partial charge < -0.3 is 9.80 Å². The summed E-state index contributed by atoms with van der Waals surface area (Å²) in [6.45, 7) is 4.47. The highest BCUT2D eigenvalue weighted by Gasteiger charge is 2.23. The van der Waals surface area contributed by atoms with E-state index in [2.05, 4.69) is 23.5 Å². The van der Waals surface area contributed by atoms with Crippen LogP contribution in [0.5, 0.6) is 0 Å². The predicted octanol–water partition coefficient (Wildman–Crippen LogP) is 1.98. The Morgan fingerprint density at radius 3 is 2.65 bits per heavy atom. The Kier molecular flexibility index (Phi) is 3.85. The Labute approximate surface area is 155 Å². The fourth-order valence-electron chi connectivity index (χ4n) is 3.54. The van der Waals surface area contributed by atoms with Crippen LogP contribution in [-0.4, -0.2) is 44.5 Å². The first-order chi connectivity index (χ1) is 12.8. The van der Waals surface area contributed by atoms with Gasteiger partial charge in [0.05, 0.1) is 35.2 Å². The maximum absolute atomic E-state index is 12.6. The topological polar surface area (TPSA) is 67.2 Å². The number of piperazine rings is 1. The number of hydrogen-bond acceptors (Lipinski definition) is 7. The molecule has 0 radical (unpaired) electrons. The van der Waals surface area contributed by atoms with Gasteiger partial charge in [0.25, 0.3) is 5.56 Å². The van der Waals surface area contributed by atoms with Crippen LogP contribution in [-0.2, 0) is 6.54 Å². The van der Waals surface area contributed by atoms with E-state index in [1.165, 1.54) is 24.6 Å². The average molecular weight is 368 g/mol. The number of aromatic nitrogens is 4. The van der Waals surface area contributed by atoms with Crippen LogP contribution >= 0.6 is 11.7 Å². The van der Waals surface area contributed by atoms with E-state index in [-0.39, 0.29) is 5.56 Å². The third kappa shape index (κ3) is 2.94. The minimum Gasteiger partial charge on any atom is -0.368 e. The predicted molar refractivity (Wildman–Crippen MR) is 103 cm³/mol. The van der Waals surface area contributed by atoms with Crippen LogP contribution in [0, 0.1) is 5.92 Å². The molecule has 0 amide bonds. The van der Waals surface area contributed by atoms with Crippen molar-refractivity contribution >= 4 is 34.1 Å². The van der Waals surface area contributed by atoms with Gasteiger partial charge in [-0.2, -0.15) is 8.75 Å². The van der Waals surface area contributed by atoms with Gasteiger partial charge in [0.2, 0.25) is 0 Å². The first-order valence-corrected chi connectivity index (χ1v) is 9.77. The molecule has 2 aliphatic rings. The fraction of sp³-hybridized carbons (Fsp3) is 0.444. The van der Waals surface area contributed by atoms with Crippen LogP contribution in [0.4, 0.5) is 11.5 Å². The molecule has 1 aliphatic heterocycles. The molecule has 5 rings (SSSR count). The van der Waals surface area contributed by atoms with Crippen LogP contribution in [0.15, 0.2) is 35.5 Å². The molecule has 1 saturated heterocycles. The first-order valence-electron chi connectivity index (χ1n) is 9.04. The van der Waals surface area contributed by atoms with E-state index in [4.69, 9.17) is 0 Å². The molecule has 1 aromatic carbocycles. The zero-order valence-corrected chi connectivity index (χ0v) is 15.2. The summed E-state index contributed by atoms with van der Waals surface area (Å²) in [7, 11) is 0. The minimum absolute atomic E-state index is 0.0781. The van der Waals surface area contributed by atoms with Gasteiger partial charge in [0.15, 0.2) is 5.82 Å². The van der Waals surface area contributed by atoms with E-state index >= 15 is 0 Å². The first kappa shape index (κ1) is 15.7. The second-order valence-corrected chi connectivity index (χ2v) is 7.64. The SMILES string of the molecule is O=c1c2ccc(N3CCN(c4cnsn4)CC3)cc2ncn1CC1CC1. The number of benzene rings is 1. The van der Waals surface area contributed by atoms with Gasteiger partial charge >= 0.3 is 0 Å². The molecular weight excluding hydrogens is 348 g/mol. The summed E-state index contributed by atoms with van der Waals surface area (Å²) in [4.78, 5) is 21.8. The van der Waals surface area contributed by atoms with Crippen LogP contribution in [0.2, 0.25) is 0 Å².